The lowest BCUT2D eigenvalue weighted by atomic mass is 9.94. The normalized spacial score (nSPS) is 13.7. The van der Waals surface area contributed by atoms with Crippen molar-refractivity contribution in [3.05, 3.63) is 259 Å². The lowest BCUT2D eigenvalue weighted by Crippen LogP contribution is -2.46. The maximum absolute atomic E-state index is 13.2. The van der Waals surface area contributed by atoms with Crippen molar-refractivity contribution >= 4 is 23.9 Å². The first-order chi connectivity index (χ1) is 41.6. The van der Waals surface area contributed by atoms with Crippen molar-refractivity contribution in [2.45, 2.75) is 71.4 Å². The van der Waals surface area contributed by atoms with Crippen LogP contribution in [-0.2, 0) is 36.0 Å². The fourth-order valence-corrected chi connectivity index (χ4v) is 10.1. The van der Waals surface area contributed by atoms with E-state index in [4.69, 9.17) is 14.4 Å². The number of aromatic nitrogens is 4. The van der Waals surface area contributed by atoms with Gasteiger partial charge in [0.15, 0.2) is 0 Å². The molecule has 16 nitrogen and oxygen atoms in total. The van der Waals surface area contributed by atoms with Gasteiger partial charge in [-0.15, -0.1) is 0 Å². The monoisotopic (exact) mass is 1140 g/mol. The number of benzene rings is 7. The SMILES string of the molecule is CCC1CCN(Cc2ccccc2)CC1.CN(C(=O)n1cnc(-c2cccc(C(=O)NOCc3ccccc3)c2)c1)C1CCN(Cc2ccccc2)CC1.O=C(NOCc1ccccc1)c1cccc(-c2cn(C(=O)Oc3ccccc3)cn2)c1. The first-order valence-corrected chi connectivity index (χ1v) is 28.9. The Labute approximate surface area is 497 Å². The Bertz CT molecular complexity index is 3500. The van der Waals surface area contributed by atoms with Gasteiger partial charge in [-0.25, -0.2) is 35.1 Å². The molecule has 2 N–H and O–H groups in total. The lowest BCUT2D eigenvalue weighted by Gasteiger charge is -2.36. The van der Waals surface area contributed by atoms with E-state index in [1.165, 1.54) is 65.3 Å². The molecule has 0 bridgehead atoms. The predicted octanol–water partition coefficient (Wildman–Crippen LogP) is 12.7. The van der Waals surface area contributed by atoms with Crippen molar-refractivity contribution in [2.24, 2.45) is 5.92 Å². The van der Waals surface area contributed by atoms with E-state index in [9.17, 15) is 19.2 Å². The van der Waals surface area contributed by atoms with E-state index in [1.54, 1.807) is 79.1 Å². The molecular weight excluding hydrogens is 1070 g/mol. The Hall–Kier alpha value is -9.32. The third kappa shape index (κ3) is 18.3. The number of carbonyl (C=O) groups excluding carboxylic acids is 4. The highest BCUT2D eigenvalue weighted by molar-refractivity contribution is 5.95. The van der Waals surface area contributed by atoms with Crippen LogP contribution in [0.3, 0.4) is 0 Å². The number of amides is 3. The second-order valence-corrected chi connectivity index (χ2v) is 21.1. The summed E-state index contributed by atoms with van der Waals surface area (Å²) in [4.78, 5) is 76.7. The molecule has 0 radical (unpaired) electrons. The van der Waals surface area contributed by atoms with E-state index in [-0.39, 0.29) is 37.1 Å². The molecular formula is C69H73N9O7. The average molecular weight is 1140 g/mol. The minimum atomic E-state index is -0.576. The summed E-state index contributed by atoms with van der Waals surface area (Å²) >= 11 is 0. The molecule has 16 heteroatoms. The van der Waals surface area contributed by atoms with Crippen LogP contribution in [-0.4, -0.2) is 97.0 Å². The van der Waals surface area contributed by atoms with Gasteiger partial charge >= 0.3 is 12.1 Å². The van der Waals surface area contributed by atoms with Crippen LogP contribution in [0.1, 0.15) is 82.0 Å². The number of nitrogens with one attached hydrogen (secondary N) is 2. The summed E-state index contributed by atoms with van der Waals surface area (Å²) in [6.45, 7) is 9.41. The van der Waals surface area contributed by atoms with Gasteiger partial charge in [-0.2, -0.15) is 0 Å². The molecule has 0 spiro atoms. The highest BCUT2D eigenvalue weighted by Gasteiger charge is 2.27. The second kappa shape index (κ2) is 31.4. The van der Waals surface area contributed by atoms with Gasteiger partial charge in [0.2, 0.25) is 0 Å². The standard InChI is InChI=1S/C31H33N5O3.C24H19N3O4.C14H21N/c1-34(28-15-17-35(18-16-28)20-24-9-4-2-5-10-24)31(38)36-21-29(32-23-36)26-13-8-14-27(19-26)30(37)33-39-22-25-11-6-3-7-12-25;28-23(26-30-16-18-8-3-1-4-9-18)20-11-7-10-19(14-20)22-15-27(17-25-22)24(29)31-21-12-5-2-6-13-21;1-2-13-8-10-15(11-9-13)12-14-6-4-3-5-7-14/h2-14,19,21,23,28H,15-18,20,22H2,1H3,(H,33,37);1-15,17H,16H2,(H,26,28);3-7,13H,2,8-12H2,1H3. The molecule has 0 unspecified atom stereocenters. The fraction of sp³-hybridized carbons (Fsp3) is 0.246. The molecule has 3 amide bonds. The van der Waals surface area contributed by atoms with Crippen molar-refractivity contribution in [3.63, 3.8) is 0 Å². The van der Waals surface area contributed by atoms with Gasteiger partial charge in [-0.05, 0) is 103 Å². The number of hydrogen-bond acceptors (Lipinski definition) is 11. The number of hydroxylamine groups is 2. The van der Waals surface area contributed by atoms with Crippen LogP contribution in [0.5, 0.6) is 5.75 Å². The van der Waals surface area contributed by atoms with E-state index in [0.29, 0.717) is 33.8 Å². The van der Waals surface area contributed by atoms with Gasteiger partial charge in [0.25, 0.3) is 11.8 Å². The van der Waals surface area contributed by atoms with E-state index in [2.05, 4.69) is 92.2 Å². The van der Waals surface area contributed by atoms with E-state index >= 15 is 0 Å². The summed E-state index contributed by atoms with van der Waals surface area (Å²) < 4.78 is 8.06. The molecule has 0 aliphatic carbocycles. The molecule has 2 aromatic heterocycles. The van der Waals surface area contributed by atoms with Crippen LogP contribution in [0.4, 0.5) is 9.59 Å². The Morgan fingerprint density at radius 2 is 0.918 bits per heavy atom. The molecule has 2 aliphatic heterocycles. The van der Waals surface area contributed by atoms with Crippen LogP contribution in [0.2, 0.25) is 0 Å². The summed E-state index contributed by atoms with van der Waals surface area (Å²) in [5.41, 5.74) is 13.0. The maximum atomic E-state index is 13.2. The topological polar surface area (TPSA) is 165 Å². The van der Waals surface area contributed by atoms with Gasteiger partial charge < -0.3 is 9.64 Å². The van der Waals surface area contributed by atoms with E-state index in [1.807, 2.05) is 90.8 Å². The first kappa shape index (κ1) is 60.3. The van der Waals surface area contributed by atoms with Crippen molar-refractivity contribution in [1.29, 1.82) is 0 Å². The van der Waals surface area contributed by atoms with Gasteiger partial charge in [0.05, 0.1) is 24.6 Å². The van der Waals surface area contributed by atoms with Gasteiger partial charge in [0, 0.05) is 73.9 Å². The fourth-order valence-electron chi connectivity index (χ4n) is 10.1. The number of ether oxygens (including phenoxy) is 1. The highest BCUT2D eigenvalue weighted by Crippen LogP contribution is 2.24. The van der Waals surface area contributed by atoms with Crippen LogP contribution in [0, 0.1) is 5.92 Å². The third-order valence-corrected chi connectivity index (χ3v) is 15.1. The van der Waals surface area contributed by atoms with Crippen molar-refractivity contribution < 1.29 is 33.6 Å². The van der Waals surface area contributed by atoms with Crippen molar-refractivity contribution in [1.82, 2.24) is 44.8 Å². The summed E-state index contributed by atoms with van der Waals surface area (Å²) in [6, 6.07) is 63.3. The van der Waals surface area contributed by atoms with Gasteiger partial charge in [-0.1, -0.05) is 177 Å². The highest BCUT2D eigenvalue weighted by atomic mass is 16.7. The predicted molar refractivity (Wildman–Crippen MR) is 329 cm³/mol. The minimum Gasteiger partial charge on any atom is -0.410 e. The molecule has 9 aromatic rings. The molecule has 0 saturated carbocycles. The molecule has 7 aromatic carbocycles. The molecule has 436 valence electrons. The average Bonchev–Trinajstić information content (AvgIpc) is 4.41. The zero-order chi connectivity index (χ0) is 59.0. The van der Waals surface area contributed by atoms with Crippen LogP contribution in [0.15, 0.2) is 225 Å². The summed E-state index contributed by atoms with van der Waals surface area (Å²) in [6.07, 6.45) is 11.6. The smallest absolute Gasteiger partial charge is 0.410 e. The summed E-state index contributed by atoms with van der Waals surface area (Å²) in [5.74, 6) is 0.705. The lowest BCUT2D eigenvalue weighted by molar-refractivity contribution is 0.0231. The Balaban J connectivity index is 0.000000167. The molecule has 2 fully saturated rings. The van der Waals surface area contributed by atoms with Crippen LogP contribution < -0.4 is 15.7 Å². The quantitative estimate of drug-likeness (QED) is 0.0834. The van der Waals surface area contributed by atoms with Gasteiger partial charge in [-0.3, -0.25) is 33.6 Å². The van der Waals surface area contributed by atoms with Crippen molar-refractivity contribution in [2.75, 3.05) is 33.2 Å². The number of piperidine rings is 2. The van der Waals surface area contributed by atoms with Gasteiger partial charge in [0.1, 0.15) is 18.4 Å². The molecule has 11 rings (SSSR count). The number of para-hydroxylation sites is 1. The largest absolute Gasteiger partial charge is 0.424 e. The van der Waals surface area contributed by atoms with E-state index in [0.717, 1.165) is 61.6 Å². The number of rotatable bonds is 17. The summed E-state index contributed by atoms with van der Waals surface area (Å²) in [7, 11) is 1.86. The second-order valence-electron chi connectivity index (χ2n) is 21.1. The Kier molecular flexibility index (Phi) is 22.2. The molecule has 2 saturated heterocycles. The zero-order valence-corrected chi connectivity index (χ0v) is 48.2. The number of hydrogen-bond donors (Lipinski definition) is 2. The third-order valence-electron chi connectivity index (χ3n) is 15.1. The Morgan fingerprint density at radius 1 is 0.506 bits per heavy atom. The minimum absolute atomic E-state index is 0.113. The van der Waals surface area contributed by atoms with Crippen LogP contribution >= 0.6 is 0 Å². The molecule has 0 atom stereocenters. The number of carbonyl (C=O) groups is 4. The molecule has 2 aliphatic rings. The van der Waals surface area contributed by atoms with E-state index < -0.39 is 6.09 Å². The summed E-state index contributed by atoms with van der Waals surface area (Å²) in [5, 5.41) is 0. The maximum Gasteiger partial charge on any atom is 0.424 e. The number of nitrogens with zero attached hydrogens (tertiary/aromatic N) is 7. The zero-order valence-electron chi connectivity index (χ0n) is 48.2. The molecule has 4 heterocycles. The first-order valence-electron chi connectivity index (χ1n) is 28.9. The van der Waals surface area contributed by atoms with Crippen LogP contribution in [0.25, 0.3) is 22.5 Å². The van der Waals surface area contributed by atoms with Crippen molar-refractivity contribution in [3.8, 4) is 28.3 Å². The Morgan fingerprint density at radius 3 is 1.38 bits per heavy atom. The number of imidazole rings is 2. The molecule has 85 heavy (non-hydrogen) atoms. The number of likely N-dealkylation sites (tertiary alicyclic amines) is 2.